The Morgan fingerprint density at radius 3 is 2.60 bits per heavy atom. The zero-order valence-electron chi connectivity index (χ0n) is 17.9. The number of anilines is 1. The molecule has 1 saturated heterocycles. The van der Waals surface area contributed by atoms with E-state index in [0.717, 1.165) is 51.5 Å². The summed E-state index contributed by atoms with van der Waals surface area (Å²) in [6.07, 6.45) is 3.44. The molecule has 1 fully saturated rings. The summed E-state index contributed by atoms with van der Waals surface area (Å²) in [7, 11) is 1.86. The SMILES string of the molecule is CN=C(NCCCN1CCc2ccccc2C1)NC1CCN(c2ccccc2)C1.I. The predicted octanol–water partition coefficient (Wildman–Crippen LogP) is 3.50. The first kappa shape index (κ1) is 22.9. The molecule has 2 N–H and O–H groups in total. The average Bonchev–Trinajstić information content (AvgIpc) is 3.25. The molecule has 4 rings (SSSR count). The number of halogens is 1. The minimum Gasteiger partial charge on any atom is -0.369 e. The molecule has 0 bridgehead atoms. The highest BCUT2D eigenvalue weighted by Gasteiger charge is 2.23. The van der Waals surface area contributed by atoms with Crippen molar-refractivity contribution in [1.82, 2.24) is 15.5 Å². The fraction of sp³-hybridized carbons (Fsp3) is 0.458. The Bertz CT molecular complexity index is 810. The first-order valence-electron chi connectivity index (χ1n) is 10.9. The number of nitrogens with zero attached hydrogens (tertiary/aromatic N) is 3. The summed E-state index contributed by atoms with van der Waals surface area (Å²) in [5, 5.41) is 7.10. The van der Waals surface area contributed by atoms with Gasteiger partial charge in [0.15, 0.2) is 5.96 Å². The maximum absolute atomic E-state index is 4.43. The maximum Gasteiger partial charge on any atom is 0.191 e. The molecule has 2 aromatic carbocycles. The Labute approximate surface area is 198 Å². The van der Waals surface area contributed by atoms with Crippen molar-refractivity contribution < 1.29 is 0 Å². The summed E-state index contributed by atoms with van der Waals surface area (Å²) in [6, 6.07) is 20.0. The predicted molar refractivity (Wildman–Crippen MR) is 137 cm³/mol. The number of guanidine groups is 1. The molecule has 2 aromatic rings. The monoisotopic (exact) mass is 519 g/mol. The van der Waals surface area contributed by atoms with Crippen LogP contribution in [0.25, 0.3) is 0 Å². The van der Waals surface area contributed by atoms with Gasteiger partial charge >= 0.3 is 0 Å². The molecular formula is C24H34IN5. The lowest BCUT2D eigenvalue weighted by molar-refractivity contribution is 0.251. The fourth-order valence-corrected chi connectivity index (χ4v) is 4.39. The quantitative estimate of drug-likeness (QED) is 0.266. The van der Waals surface area contributed by atoms with Crippen molar-refractivity contribution in [1.29, 1.82) is 0 Å². The summed E-state index contributed by atoms with van der Waals surface area (Å²) in [5.41, 5.74) is 4.32. The molecule has 1 unspecified atom stereocenters. The highest BCUT2D eigenvalue weighted by atomic mass is 127. The number of aliphatic imine (C=N–C) groups is 1. The van der Waals surface area contributed by atoms with Crippen molar-refractivity contribution in [3.63, 3.8) is 0 Å². The summed E-state index contributed by atoms with van der Waals surface area (Å²) in [4.78, 5) is 9.43. The van der Waals surface area contributed by atoms with Gasteiger partial charge in [-0.25, -0.2) is 0 Å². The molecule has 0 aliphatic carbocycles. The summed E-state index contributed by atoms with van der Waals surface area (Å²) >= 11 is 0. The Kier molecular flexibility index (Phi) is 8.81. The molecule has 2 aliphatic heterocycles. The van der Waals surface area contributed by atoms with Gasteiger partial charge in [-0.1, -0.05) is 42.5 Å². The van der Waals surface area contributed by atoms with E-state index in [-0.39, 0.29) is 24.0 Å². The van der Waals surface area contributed by atoms with Crippen LogP contribution in [0.2, 0.25) is 0 Å². The number of para-hydroxylation sites is 1. The van der Waals surface area contributed by atoms with Gasteiger partial charge in [-0.3, -0.25) is 9.89 Å². The first-order valence-corrected chi connectivity index (χ1v) is 10.9. The van der Waals surface area contributed by atoms with Crippen LogP contribution in [0.1, 0.15) is 24.0 Å². The summed E-state index contributed by atoms with van der Waals surface area (Å²) in [6.45, 7) is 6.45. The number of fused-ring (bicyclic) bond motifs is 1. The number of hydrogen-bond donors (Lipinski definition) is 2. The molecule has 0 amide bonds. The second-order valence-electron chi connectivity index (χ2n) is 8.06. The Morgan fingerprint density at radius 1 is 1.03 bits per heavy atom. The van der Waals surface area contributed by atoms with E-state index in [2.05, 4.69) is 80.0 Å². The molecular weight excluding hydrogens is 485 g/mol. The second-order valence-corrected chi connectivity index (χ2v) is 8.06. The summed E-state index contributed by atoms with van der Waals surface area (Å²) < 4.78 is 0. The van der Waals surface area contributed by atoms with E-state index in [1.807, 2.05) is 7.05 Å². The van der Waals surface area contributed by atoms with Crippen LogP contribution in [0.4, 0.5) is 5.69 Å². The normalized spacial score (nSPS) is 19.2. The van der Waals surface area contributed by atoms with Gasteiger partial charge in [-0.05, 0) is 42.5 Å². The molecule has 5 nitrogen and oxygen atoms in total. The lowest BCUT2D eigenvalue weighted by Gasteiger charge is -2.28. The third-order valence-corrected chi connectivity index (χ3v) is 6.03. The van der Waals surface area contributed by atoms with Crippen molar-refractivity contribution in [3.05, 3.63) is 65.7 Å². The van der Waals surface area contributed by atoms with Crippen LogP contribution >= 0.6 is 24.0 Å². The molecule has 6 heteroatoms. The van der Waals surface area contributed by atoms with Gasteiger partial charge in [-0.2, -0.15) is 0 Å². The molecule has 30 heavy (non-hydrogen) atoms. The smallest absolute Gasteiger partial charge is 0.191 e. The van der Waals surface area contributed by atoms with Gasteiger partial charge in [0, 0.05) is 58.0 Å². The largest absolute Gasteiger partial charge is 0.369 e. The molecule has 0 spiro atoms. The van der Waals surface area contributed by atoms with Crippen molar-refractivity contribution in [3.8, 4) is 0 Å². The molecule has 0 saturated carbocycles. The molecule has 0 aromatic heterocycles. The molecule has 2 heterocycles. The van der Waals surface area contributed by atoms with E-state index < -0.39 is 0 Å². The van der Waals surface area contributed by atoms with E-state index >= 15 is 0 Å². The van der Waals surface area contributed by atoms with Crippen LogP contribution in [0.3, 0.4) is 0 Å². The van der Waals surface area contributed by atoms with Crippen molar-refractivity contribution in [2.45, 2.75) is 31.8 Å². The lowest BCUT2D eigenvalue weighted by atomic mass is 10.00. The lowest BCUT2D eigenvalue weighted by Crippen LogP contribution is -2.45. The fourth-order valence-electron chi connectivity index (χ4n) is 4.39. The van der Waals surface area contributed by atoms with Crippen molar-refractivity contribution in [2.75, 3.05) is 44.7 Å². The van der Waals surface area contributed by atoms with E-state index in [0.29, 0.717) is 6.04 Å². The van der Waals surface area contributed by atoms with Crippen LogP contribution in [-0.2, 0) is 13.0 Å². The van der Waals surface area contributed by atoms with Gasteiger partial charge < -0.3 is 15.5 Å². The van der Waals surface area contributed by atoms with Gasteiger partial charge in [0.25, 0.3) is 0 Å². The highest BCUT2D eigenvalue weighted by molar-refractivity contribution is 14.0. The molecule has 2 aliphatic rings. The van der Waals surface area contributed by atoms with Crippen molar-refractivity contribution >= 4 is 35.6 Å². The first-order chi connectivity index (χ1) is 14.3. The van der Waals surface area contributed by atoms with Crippen LogP contribution in [-0.4, -0.2) is 56.7 Å². The molecule has 0 radical (unpaired) electrons. The van der Waals surface area contributed by atoms with E-state index in [9.17, 15) is 0 Å². The Hall–Kier alpha value is -1.80. The minimum atomic E-state index is 0. The van der Waals surface area contributed by atoms with Crippen LogP contribution in [0.15, 0.2) is 59.6 Å². The van der Waals surface area contributed by atoms with E-state index in [4.69, 9.17) is 0 Å². The Balaban J connectivity index is 0.00000256. The van der Waals surface area contributed by atoms with Gasteiger partial charge in [0.2, 0.25) is 0 Å². The third kappa shape index (κ3) is 6.11. The maximum atomic E-state index is 4.43. The van der Waals surface area contributed by atoms with E-state index in [1.165, 1.54) is 29.8 Å². The topological polar surface area (TPSA) is 42.9 Å². The standard InChI is InChI=1S/C24H33N5.HI/c1-25-24(27-22-13-17-29(19-22)23-10-3-2-4-11-23)26-14-7-15-28-16-12-20-8-5-6-9-21(20)18-28;/h2-6,8-11,22H,7,12-19H2,1H3,(H2,25,26,27);1H. The zero-order valence-corrected chi connectivity index (χ0v) is 20.2. The number of hydrogen-bond acceptors (Lipinski definition) is 3. The van der Waals surface area contributed by atoms with Crippen molar-refractivity contribution in [2.24, 2.45) is 4.99 Å². The number of rotatable bonds is 6. The van der Waals surface area contributed by atoms with Gasteiger partial charge in [-0.15, -0.1) is 24.0 Å². The third-order valence-electron chi connectivity index (χ3n) is 6.03. The van der Waals surface area contributed by atoms with E-state index in [1.54, 1.807) is 0 Å². The number of benzene rings is 2. The van der Waals surface area contributed by atoms with Crippen LogP contribution in [0, 0.1) is 0 Å². The van der Waals surface area contributed by atoms with Gasteiger partial charge in [0.1, 0.15) is 0 Å². The second kappa shape index (κ2) is 11.6. The molecule has 1 atom stereocenters. The minimum absolute atomic E-state index is 0. The summed E-state index contributed by atoms with van der Waals surface area (Å²) in [5.74, 6) is 0.925. The number of nitrogens with one attached hydrogen (secondary N) is 2. The average molecular weight is 519 g/mol. The Morgan fingerprint density at radius 2 is 1.80 bits per heavy atom. The zero-order chi connectivity index (χ0) is 19.9. The van der Waals surface area contributed by atoms with Crippen LogP contribution < -0.4 is 15.5 Å². The van der Waals surface area contributed by atoms with Gasteiger partial charge in [0.05, 0.1) is 0 Å². The van der Waals surface area contributed by atoms with Crippen LogP contribution in [0.5, 0.6) is 0 Å². The molecule has 162 valence electrons. The highest BCUT2D eigenvalue weighted by Crippen LogP contribution is 2.20.